The fourth-order valence-corrected chi connectivity index (χ4v) is 2.73. The van der Waals surface area contributed by atoms with Gasteiger partial charge in [0.25, 0.3) is 0 Å². The summed E-state index contributed by atoms with van der Waals surface area (Å²) in [4.78, 5) is 4.32. The lowest BCUT2D eigenvalue weighted by Crippen LogP contribution is -1.96. The number of nitrogens with zero attached hydrogens (tertiary/aromatic N) is 3. The van der Waals surface area contributed by atoms with E-state index in [9.17, 15) is 0 Å². The number of hydrogen-bond donors (Lipinski definition) is 0. The summed E-state index contributed by atoms with van der Waals surface area (Å²) in [5.41, 5.74) is 3.58. The third kappa shape index (κ3) is 4.62. The molecule has 5 nitrogen and oxygen atoms in total. The number of hydrogen-bond acceptors (Lipinski definition) is 4. The molecule has 0 fully saturated rings. The largest absolute Gasteiger partial charge is 0.483 e. The Labute approximate surface area is 168 Å². The first-order valence-corrected chi connectivity index (χ1v) is 9.18. The van der Waals surface area contributed by atoms with E-state index in [1.165, 1.54) is 6.40 Å². The average molecular weight is 404 g/mol. The first-order valence-electron chi connectivity index (χ1n) is 8.42. The third-order valence-electron chi connectivity index (χ3n) is 3.87. The molecule has 0 aliphatic carbocycles. The van der Waals surface area contributed by atoms with Crippen LogP contribution in [0, 0.1) is 13.8 Å². The van der Waals surface area contributed by atoms with Gasteiger partial charge in [0.1, 0.15) is 5.75 Å². The zero-order valence-electron chi connectivity index (χ0n) is 15.2. The average Bonchev–Trinajstić information content (AvgIpc) is 3.10. The Morgan fingerprint density at radius 2 is 1.89 bits per heavy atom. The SMILES string of the molecule is CCOC=Nc1cc(C)c(Oc2ccn(-c3ccc(Cl)c(Cl)c3)n2)cc1C. The number of benzene rings is 2. The number of aromatic nitrogens is 2. The molecule has 1 heterocycles. The molecule has 0 saturated heterocycles. The molecule has 0 aliphatic rings. The highest BCUT2D eigenvalue weighted by atomic mass is 35.5. The van der Waals surface area contributed by atoms with Crippen molar-refractivity contribution >= 4 is 35.3 Å². The van der Waals surface area contributed by atoms with Crippen LogP contribution in [0.1, 0.15) is 18.1 Å². The molecule has 0 spiro atoms. The van der Waals surface area contributed by atoms with E-state index in [0.717, 1.165) is 28.3 Å². The summed E-state index contributed by atoms with van der Waals surface area (Å²) in [5.74, 6) is 1.20. The highest BCUT2D eigenvalue weighted by Crippen LogP contribution is 2.31. The van der Waals surface area contributed by atoms with Gasteiger partial charge in [-0.2, -0.15) is 0 Å². The Kier molecular flexibility index (Phi) is 6.04. The zero-order chi connectivity index (χ0) is 19.4. The smallest absolute Gasteiger partial charge is 0.238 e. The van der Waals surface area contributed by atoms with Crippen molar-refractivity contribution in [3.05, 3.63) is 63.8 Å². The third-order valence-corrected chi connectivity index (χ3v) is 4.61. The molecule has 1 aromatic heterocycles. The Bertz CT molecular complexity index is 983. The van der Waals surface area contributed by atoms with E-state index < -0.39 is 0 Å². The lowest BCUT2D eigenvalue weighted by atomic mass is 10.1. The van der Waals surface area contributed by atoms with Gasteiger partial charge in [0, 0.05) is 12.3 Å². The van der Waals surface area contributed by atoms with Crippen LogP contribution in [0.15, 0.2) is 47.6 Å². The van der Waals surface area contributed by atoms with Gasteiger partial charge in [0.05, 0.1) is 28.0 Å². The molecule has 27 heavy (non-hydrogen) atoms. The van der Waals surface area contributed by atoms with Crippen molar-refractivity contribution in [2.75, 3.05) is 6.61 Å². The molecule has 0 saturated carbocycles. The van der Waals surface area contributed by atoms with Crippen molar-refractivity contribution < 1.29 is 9.47 Å². The number of aryl methyl sites for hydroxylation is 2. The molecule has 140 valence electrons. The van der Waals surface area contributed by atoms with Crippen LogP contribution in [-0.4, -0.2) is 22.8 Å². The van der Waals surface area contributed by atoms with Crippen molar-refractivity contribution in [3.8, 4) is 17.3 Å². The fourth-order valence-electron chi connectivity index (χ4n) is 2.44. The molecule has 0 amide bonds. The van der Waals surface area contributed by atoms with Crippen molar-refractivity contribution in [2.45, 2.75) is 20.8 Å². The minimum atomic E-state index is 0.474. The summed E-state index contributed by atoms with van der Waals surface area (Å²) >= 11 is 12.0. The van der Waals surface area contributed by atoms with Crippen LogP contribution < -0.4 is 4.74 Å². The standard InChI is InChI=1S/C20H19Cl2N3O2/c1-4-26-12-23-18-9-14(3)19(10-13(18)2)27-20-7-8-25(24-20)15-5-6-16(21)17(22)11-15/h5-12H,4H2,1-3H3. The van der Waals surface area contributed by atoms with Gasteiger partial charge in [-0.25, -0.2) is 9.67 Å². The predicted molar refractivity (Wildman–Crippen MR) is 109 cm³/mol. The van der Waals surface area contributed by atoms with Gasteiger partial charge in [-0.05, 0) is 62.2 Å². The van der Waals surface area contributed by atoms with Crippen molar-refractivity contribution in [2.24, 2.45) is 4.99 Å². The molecule has 0 aliphatic heterocycles. The molecule has 3 aromatic rings. The summed E-state index contributed by atoms with van der Waals surface area (Å²) < 4.78 is 12.8. The van der Waals surface area contributed by atoms with Gasteiger partial charge in [-0.1, -0.05) is 23.2 Å². The molecule has 0 radical (unpaired) electrons. The topological polar surface area (TPSA) is 48.6 Å². The van der Waals surface area contributed by atoms with E-state index in [1.54, 1.807) is 29.1 Å². The lowest BCUT2D eigenvalue weighted by molar-refractivity contribution is 0.344. The van der Waals surface area contributed by atoms with Gasteiger partial charge in [0.15, 0.2) is 6.40 Å². The Morgan fingerprint density at radius 1 is 1.07 bits per heavy atom. The molecule has 3 rings (SSSR count). The van der Waals surface area contributed by atoms with E-state index in [2.05, 4.69) is 10.1 Å². The van der Waals surface area contributed by atoms with Crippen molar-refractivity contribution in [1.82, 2.24) is 9.78 Å². The lowest BCUT2D eigenvalue weighted by Gasteiger charge is -2.09. The Morgan fingerprint density at radius 3 is 2.63 bits per heavy atom. The number of ether oxygens (including phenoxy) is 2. The van der Waals surface area contributed by atoms with Gasteiger partial charge >= 0.3 is 0 Å². The summed E-state index contributed by atoms with van der Waals surface area (Å²) in [5, 5.41) is 5.42. The van der Waals surface area contributed by atoms with E-state index in [-0.39, 0.29) is 0 Å². The second kappa shape index (κ2) is 8.46. The second-order valence-corrected chi connectivity index (χ2v) is 6.71. The molecular formula is C20H19Cl2N3O2. The van der Waals surface area contributed by atoms with Crippen molar-refractivity contribution in [3.63, 3.8) is 0 Å². The molecule has 0 unspecified atom stereocenters. The molecule has 7 heteroatoms. The molecular weight excluding hydrogens is 385 g/mol. The Balaban J connectivity index is 1.80. The zero-order valence-corrected chi connectivity index (χ0v) is 16.8. The molecule has 0 atom stereocenters. The molecule has 0 bridgehead atoms. The Hall–Kier alpha value is -2.50. The van der Waals surface area contributed by atoms with E-state index >= 15 is 0 Å². The van der Waals surface area contributed by atoms with Crippen LogP contribution in [0.2, 0.25) is 10.0 Å². The van der Waals surface area contributed by atoms with Crippen LogP contribution in [0.3, 0.4) is 0 Å². The minimum absolute atomic E-state index is 0.474. The summed E-state index contributed by atoms with van der Waals surface area (Å²) in [6, 6.07) is 11.0. The molecule has 0 N–H and O–H groups in total. The monoisotopic (exact) mass is 403 g/mol. The maximum absolute atomic E-state index is 6.07. The summed E-state index contributed by atoms with van der Waals surface area (Å²) in [7, 11) is 0. The van der Waals surface area contributed by atoms with Crippen LogP contribution in [0.5, 0.6) is 11.6 Å². The van der Waals surface area contributed by atoms with E-state index in [4.69, 9.17) is 32.7 Å². The first-order chi connectivity index (χ1) is 13.0. The van der Waals surface area contributed by atoms with E-state index in [1.807, 2.05) is 39.0 Å². The van der Waals surface area contributed by atoms with Gasteiger partial charge < -0.3 is 9.47 Å². The maximum atomic E-state index is 6.07. The maximum Gasteiger partial charge on any atom is 0.238 e. The normalized spacial score (nSPS) is 11.1. The van der Waals surface area contributed by atoms with Crippen LogP contribution in [0.4, 0.5) is 5.69 Å². The first kappa shape index (κ1) is 19.3. The predicted octanol–water partition coefficient (Wildman–Crippen LogP) is 6.28. The van der Waals surface area contributed by atoms with Crippen LogP contribution in [0.25, 0.3) is 5.69 Å². The van der Waals surface area contributed by atoms with Crippen LogP contribution in [-0.2, 0) is 4.74 Å². The number of aliphatic imine (C=N–C) groups is 1. The fraction of sp³-hybridized carbons (Fsp3) is 0.200. The minimum Gasteiger partial charge on any atom is -0.483 e. The van der Waals surface area contributed by atoms with Crippen LogP contribution >= 0.6 is 23.2 Å². The highest BCUT2D eigenvalue weighted by Gasteiger charge is 2.09. The summed E-state index contributed by atoms with van der Waals surface area (Å²) in [6.07, 6.45) is 3.26. The summed E-state index contributed by atoms with van der Waals surface area (Å²) in [6.45, 7) is 6.44. The van der Waals surface area contributed by atoms with Gasteiger partial charge in [-0.3, -0.25) is 0 Å². The van der Waals surface area contributed by atoms with Gasteiger partial charge in [-0.15, -0.1) is 5.10 Å². The van der Waals surface area contributed by atoms with E-state index in [0.29, 0.717) is 22.5 Å². The number of rotatable bonds is 6. The second-order valence-electron chi connectivity index (χ2n) is 5.89. The quantitative estimate of drug-likeness (QED) is 0.359. The van der Waals surface area contributed by atoms with Crippen molar-refractivity contribution in [1.29, 1.82) is 0 Å². The van der Waals surface area contributed by atoms with Gasteiger partial charge in [0.2, 0.25) is 5.88 Å². The highest BCUT2D eigenvalue weighted by molar-refractivity contribution is 6.42. The molecule has 2 aromatic carbocycles. The number of halogens is 2.